The minimum Gasteiger partial charge on any atom is -0.468 e. The van der Waals surface area contributed by atoms with Gasteiger partial charge in [-0.05, 0) is 58.6 Å². The number of anilines is 1. The molecule has 0 aliphatic carbocycles. The minimum absolute atomic E-state index is 0.00561. The van der Waals surface area contributed by atoms with Crippen molar-refractivity contribution in [2.75, 3.05) is 71.2 Å². The van der Waals surface area contributed by atoms with Crippen molar-refractivity contribution in [3.05, 3.63) is 83.6 Å². The molecule has 13 heteroatoms. The van der Waals surface area contributed by atoms with E-state index < -0.39 is 25.9 Å². The summed E-state index contributed by atoms with van der Waals surface area (Å²) in [5.41, 5.74) is 6.35. The molecule has 0 unspecified atom stereocenters. The fourth-order valence-electron chi connectivity index (χ4n) is 9.85. The van der Waals surface area contributed by atoms with Gasteiger partial charge in [0.15, 0.2) is 12.6 Å². The van der Waals surface area contributed by atoms with Gasteiger partial charge in [-0.25, -0.2) is 13.2 Å². The number of piperidine rings is 1. The second kappa shape index (κ2) is 20.4. The Morgan fingerprint density at radius 3 is 2.25 bits per heavy atom. The number of rotatable bonds is 15. The zero-order valence-corrected chi connectivity index (χ0v) is 39.2. The Balaban J connectivity index is 1.26. The normalized spacial score (nSPS) is 17.2. The smallest absolute Gasteiger partial charge is 0.319 e. The summed E-state index contributed by atoms with van der Waals surface area (Å²) >= 11 is 0. The van der Waals surface area contributed by atoms with E-state index in [1.807, 2.05) is 11.0 Å². The Kier molecular flexibility index (Phi) is 15.0. The van der Waals surface area contributed by atoms with E-state index in [0.717, 1.165) is 39.3 Å². The van der Waals surface area contributed by atoms with Crippen LogP contribution in [0.15, 0.2) is 60.8 Å². The lowest BCUT2D eigenvalue weighted by Crippen LogP contribution is -2.47. The highest BCUT2D eigenvalue weighted by molar-refractivity contribution is 6.90. The SMILES string of the molecule is COCOc1cc(-c2ncc3c(N4CCC[C@@H](F)C4)nc(OC[C@H](C)CN4CCN(Cc5ccccc5)CC4)nc3c2F)c2c(C#C[Si](C(C)C)(C(C)C)C(C)C)c(F)ccc2c1. The molecule has 2 saturated heterocycles. The predicted octanol–water partition coefficient (Wildman–Crippen LogP) is 10.4. The van der Waals surface area contributed by atoms with E-state index in [0.29, 0.717) is 75.9 Å². The minimum atomic E-state index is -2.30. The lowest BCUT2D eigenvalue weighted by Gasteiger charge is -2.38. The van der Waals surface area contributed by atoms with E-state index in [4.69, 9.17) is 24.2 Å². The van der Waals surface area contributed by atoms with Crippen LogP contribution in [0.3, 0.4) is 0 Å². The van der Waals surface area contributed by atoms with Crippen LogP contribution in [0.4, 0.5) is 19.0 Å². The van der Waals surface area contributed by atoms with Gasteiger partial charge in [0, 0.05) is 76.0 Å². The van der Waals surface area contributed by atoms with Gasteiger partial charge in [-0.1, -0.05) is 90.8 Å². The first-order chi connectivity index (χ1) is 30.3. The fourth-order valence-corrected chi connectivity index (χ4v) is 15.1. The predicted molar refractivity (Wildman–Crippen MR) is 250 cm³/mol. The summed E-state index contributed by atoms with van der Waals surface area (Å²) in [5, 5.41) is 1.37. The Morgan fingerprint density at radius 1 is 0.857 bits per heavy atom. The summed E-state index contributed by atoms with van der Waals surface area (Å²) in [5.74, 6) is 2.97. The van der Waals surface area contributed by atoms with Gasteiger partial charge in [-0.15, -0.1) is 5.54 Å². The van der Waals surface area contributed by atoms with E-state index in [1.165, 1.54) is 24.9 Å². The first-order valence-electron chi connectivity index (χ1n) is 22.6. The van der Waals surface area contributed by atoms with Crippen LogP contribution in [0.2, 0.25) is 16.6 Å². The first kappa shape index (κ1) is 46.3. The Hall–Kier alpha value is -4.74. The topological polar surface area (TPSA) is 76.1 Å². The molecule has 2 fully saturated rings. The Labute approximate surface area is 372 Å². The molecular formula is C50H63F3N6O3Si. The molecule has 2 aromatic heterocycles. The molecule has 336 valence electrons. The zero-order valence-electron chi connectivity index (χ0n) is 38.2. The molecule has 2 aliphatic rings. The molecule has 0 radical (unpaired) electrons. The number of fused-ring (bicyclic) bond motifs is 2. The van der Waals surface area contributed by atoms with Gasteiger partial charge in [0.25, 0.3) is 0 Å². The third-order valence-corrected chi connectivity index (χ3v) is 19.3. The molecule has 7 rings (SSSR count). The van der Waals surface area contributed by atoms with Crippen molar-refractivity contribution in [3.8, 4) is 34.5 Å². The van der Waals surface area contributed by atoms with Crippen molar-refractivity contribution < 1.29 is 27.4 Å². The largest absolute Gasteiger partial charge is 0.468 e. The monoisotopic (exact) mass is 880 g/mol. The number of piperazine rings is 1. The molecule has 4 heterocycles. The van der Waals surface area contributed by atoms with Crippen molar-refractivity contribution in [2.24, 2.45) is 5.92 Å². The van der Waals surface area contributed by atoms with Gasteiger partial charge < -0.3 is 24.0 Å². The number of benzene rings is 3. The highest BCUT2D eigenvalue weighted by Crippen LogP contribution is 2.42. The molecule has 0 saturated carbocycles. The van der Waals surface area contributed by atoms with Crippen molar-refractivity contribution in [2.45, 2.75) is 90.6 Å². The average Bonchev–Trinajstić information content (AvgIpc) is 3.26. The molecule has 2 aliphatic heterocycles. The summed E-state index contributed by atoms with van der Waals surface area (Å²) in [6, 6.07) is 17.0. The molecule has 0 bridgehead atoms. The highest BCUT2D eigenvalue weighted by atomic mass is 28.3. The highest BCUT2D eigenvalue weighted by Gasteiger charge is 2.42. The van der Waals surface area contributed by atoms with Crippen LogP contribution in [0.25, 0.3) is 32.9 Å². The van der Waals surface area contributed by atoms with Crippen LogP contribution in [0.1, 0.15) is 72.4 Å². The summed E-state index contributed by atoms with van der Waals surface area (Å²) in [4.78, 5) is 20.9. The van der Waals surface area contributed by atoms with Crippen LogP contribution >= 0.6 is 0 Å². The van der Waals surface area contributed by atoms with E-state index in [1.54, 1.807) is 18.2 Å². The van der Waals surface area contributed by atoms with Crippen LogP contribution in [0.5, 0.6) is 11.8 Å². The van der Waals surface area contributed by atoms with Crippen molar-refractivity contribution in [1.82, 2.24) is 24.8 Å². The third kappa shape index (κ3) is 10.3. The number of hydrogen-bond donors (Lipinski definition) is 0. The van der Waals surface area contributed by atoms with Crippen LogP contribution in [0, 0.1) is 29.0 Å². The maximum absolute atomic E-state index is 17.6. The molecule has 9 nitrogen and oxygen atoms in total. The van der Waals surface area contributed by atoms with Crippen LogP contribution in [-0.2, 0) is 11.3 Å². The van der Waals surface area contributed by atoms with Crippen molar-refractivity contribution in [1.29, 1.82) is 0 Å². The second-order valence-electron chi connectivity index (χ2n) is 18.4. The van der Waals surface area contributed by atoms with Crippen LogP contribution in [-0.4, -0.2) is 105 Å². The number of hydrogen-bond acceptors (Lipinski definition) is 9. The number of methoxy groups -OCH3 is 1. The van der Waals surface area contributed by atoms with E-state index in [-0.39, 0.29) is 42.0 Å². The zero-order chi connectivity index (χ0) is 44.8. The van der Waals surface area contributed by atoms with Gasteiger partial charge >= 0.3 is 6.01 Å². The standard InChI is InChI=1S/C50H63F3N6O3Si/c1-33(2)63(34(3)4,35(5)6)24-18-41-44(52)17-16-38-25-40(62-32-60-8)26-42(45(38)41)47-46(53)48-43(27-54-47)49(59-19-12-15-39(51)30-59)56-50(55-48)61-31-36(7)28-57-20-22-58(23-21-57)29-37-13-10-9-11-14-37/h9-11,13-14,16-17,25-27,33-36,39H,12,15,19-23,28-32H2,1-8H3/t36-,39-/m1/s1. The van der Waals surface area contributed by atoms with E-state index in [9.17, 15) is 4.39 Å². The van der Waals surface area contributed by atoms with Gasteiger partial charge in [-0.2, -0.15) is 9.97 Å². The first-order valence-corrected chi connectivity index (χ1v) is 24.8. The Bertz CT molecular complexity index is 2400. The number of nitrogens with zero attached hydrogens (tertiary/aromatic N) is 6. The quantitative estimate of drug-likeness (QED) is 0.0580. The molecule has 0 spiro atoms. The van der Waals surface area contributed by atoms with E-state index >= 15 is 8.78 Å². The van der Waals surface area contributed by atoms with E-state index in [2.05, 4.69) is 99.0 Å². The number of halogens is 3. The van der Waals surface area contributed by atoms with Gasteiger partial charge in [0.2, 0.25) is 0 Å². The maximum Gasteiger partial charge on any atom is 0.319 e. The lowest BCUT2D eigenvalue weighted by atomic mass is 9.95. The molecule has 0 amide bonds. The molecule has 63 heavy (non-hydrogen) atoms. The summed E-state index contributed by atoms with van der Waals surface area (Å²) < 4.78 is 66.2. The summed E-state index contributed by atoms with van der Waals surface area (Å²) in [6.07, 6.45) is 1.54. The molecular weight excluding hydrogens is 818 g/mol. The average molecular weight is 881 g/mol. The number of pyridine rings is 1. The molecule has 2 atom stereocenters. The van der Waals surface area contributed by atoms with Crippen LogP contribution < -0.4 is 14.4 Å². The summed E-state index contributed by atoms with van der Waals surface area (Å²) in [7, 11) is -0.781. The third-order valence-electron chi connectivity index (χ3n) is 13.0. The Morgan fingerprint density at radius 2 is 1.57 bits per heavy atom. The number of aromatic nitrogens is 3. The number of alkyl halides is 1. The summed E-state index contributed by atoms with van der Waals surface area (Å²) in [6.45, 7) is 21.9. The van der Waals surface area contributed by atoms with Crippen molar-refractivity contribution >= 4 is 35.6 Å². The second-order valence-corrected chi connectivity index (χ2v) is 23.9. The van der Waals surface area contributed by atoms with Crippen molar-refractivity contribution in [3.63, 3.8) is 0 Å². The molecule has 5 aromatic rings. The van der Waals surface area contributed by atoms with Gasteiger partial charge in [-0.3, -0.25) is 9.88 Å². The maximum atomic E-state index is 17.6. The molecule has 3 aromatic carbocycles. The van der Waals surface area contributed by atoms with Gasteiger partial charge in [0.05, 0.1) is 24.1 Å². The van der Waals surface area contributed by atoms with Gasteiger partial charge in [0.1, 0.15) is 42.8 Å². The lowest BCUT2D eigenvalue weighted by molar-refractivity contribution is 0.0512. The molecule has 0 N–H and O–H groups in total. The number of ether oxygens (including phenoxy) is 3. The fraction of sp³-hybridized carbons (Fsp3) is 0.500.